The second-order valence-corrected chi connectivity index (χ2v) is 7.29. The molecule has 0 amide bonds. The lowest BCUT2D eigenvalue weighted by atomic mass is 10.1. The van der Waals surface area contributed by atoms with E-state index in [1.54, 1.807) is 0 Å². The van der Waals surface area contributed by atoms with Crippen molar-refractivity contribution in [3.05, 3.63) is 55.9 Å². The van der Waals surface area contributed by atoms with Crippen molar-refractivity contribution in [3.63, 3.8) is 0 Å². The fourth-order valence-electron chi connectivity index (χ4n) is 2.18. The molecule has 0 aliphatic heterocycles. The van der Waals surface area contributed by atoms with E-state index in [1.165, 1.54) is 5.56 Å². The number of rotatable bonds is 4. The van der Waals surface area contributed by atoms with Crippen LogP contribution >= 0.6 is 43.5 Å². The molecule has 2 aromatic rings. The summed E-state index contributed by atoms with van der Waals surface area (Å²) < 4.78 is 2.13. The summed E-state index contributed by atoms with van der Waals surface area (Å²) in [6.45, 7) is 2.13. The van der Waals surface area contributed by atoms with Crippen LogP contribution in [0.15, 0.2) is 45.3 Å². The number of hydrogen-bond acceptors (Lipinski definition) is 2. The van der Waals surface area contributed by atoms with Gasteiger partial charge in [0, 0.05) is 34.1 Å². The van der Waals surface area contributed by atoms with Crippen LogP contribution in [0.2, 0.25) is 5.02 Å². The quantitative estimate of drug-likeness (QED) is 0.628. The van der Waals surface area contributed by atoms with E-state index in [-0.39, 0.29) is 6.04 Å². The molecule has 2 nitrogen and oxygen atoms in total. The molecule has 5 heteroatoms. The van der Waals surface area contributed by atoms with Crippen LogP contribution in [0.25, 0.3) is 0 Å². The molecule has 0 aromatic heterocycles. The predicted octanol–water partition coefficient (Wildman–Crippen LogP) is 6.10. The lowest BCUT2D eigenvalue weighted by Gasteiger charge is -2.23. The van der Waals surface area contributed by atoms with E-state index in [9.17, 15) is 0 Å². The zero-order valence-corrected chi connectivity index (χ0v) is 16.1. The average Bonchev–Trinajstić information content (AvgIpc) is 2.37. The largest absolute Gasteiger partial charge is 0.377 e. The number of nitrogens with zero attached hydrogens (tertiary/aromatic N) is 1. The molecule has 1 atom stereocenters. The molecule has 0 saturated carbocycles. The van der Waals surface area contributed by atoms with Gasteiger partial charge in [0.25, 0.3) is 0 Å². The summed E-state index contributed by atoms with van der Waals surface area (Å²) >= 11 is 13.2. The average molecular weight is 433 g/mol. The molecular formula is C16H17Br2ClN2. The van der Waals surface area contributed by atoms with Gasteiger partial charge in [-0.1, -0.05) is 49.5 Å². The van der Waals surface area contributed by atoms with Crippen LogP contribution < -0.4 is 10.2 Å². The highest BCUT2D eigenvalue weighted by atomic mass is 79.9. The Hall–Kier alpha value is -0.710. The molecule has 1 N–H and O–H groups in total. The first-order chi connectivity index (χ1) is 9.88. The molecule has 0 bridgehead atoms. The predicted molar refractivity (Wildman–Crippen MR) is 99.7 cm³/mol. The summed E-state index contributed by atoms with van der Waals surface area (Å²) in [6, 6.07) is 12.2. The molecular weight excluding hydrogens is 415 g/mol. The third kappa shape index (κ3) is 4.15. The Kier molecular flexibility index (Phi) is 5.58. The maximum absolute atomic E-state index is 6.13. The monoisotopic (exact) mass is 430 g/mol. The highest BCUT2D eigenvalue weighted by Gasteiger charge is 2.13. The Balaban J connectivity index is 2.31. The number of hydrogen-bond donors (Lipinski definition) is 1. The molecule has 0 spiro atoms. The Morgan fingerprint density at radius 3 is 2.43 bits per heavy atom. The van der Waals surface area contributed by atoms with Crippen molar-refractivity contribution in [2.75, 3.05) is 24.3 Å². The standard InChI is InChI=1S/C16H17Br2ClN2/c1-10(13-6-4-11(17)8-14(13)18)20-15-9-12(19)5-7-16(15)21(2)3/h4-10,20H,1-3H3. The lowest BCUT2D eigenvalue weighted by Crippen LogP contribution is -2.14. The second-order valence-electron chi connectivity index (χ2n) is 5.09. The SMILES string of the molecule is CC(Nc1cc(Cl)ccc1N(C)C)c1ccc(Br)cc1Br. The highest BCUT2D eigenvalue weighted by Crippen LogP contribution is 2.33. The van der Waals surface area contributed by atoms with Crippen LogP contribution in [0.4, 0.5) is 11.4 Å². The van der Waals surface area contributed by atoms with Gasteiger partial charge in [-0.3, -0.25) is 0 Å². The third-order valence-electron chi connectivity index (χ3n) is 3.24. The van der Waals surface area contributed by atoms with Crippen LogP contribution in [-0.2, 0) is 0 Å². The smallest absolute Gasteiger partial charge is 0.0598 e. The Morgan fingerprint density at radius 2 is 1.81 bits per heavy atom. The van der Waals surface area contributed by atoms with Gasteiger partial charge in [-0.25, -0.2) is 0 Å². The lowest BCUT2D eigenvalue weighted by molar-refractivity contribution is 0.876. The van der Waals surface area contributed by atoms with Crippen LogP contribution in [-0.4, -0.2) is 14.1 Å². The summed E-state index contributed by atoms with van der Waals surface area (Å²) in [5, 5.41) is 4.26. The number of halogens is 3. The number of benzene rings is 2. The first-order valence-electron chi connectivity index (χ1n) is 6.57. The maximum Gasteiger partial charge on any atom is 0.0598 e. The third-order valence-corrected chi connectivity index (χ3v) is 4.66. The van der Waals surface area contributed by atoms with Crippen molar-refractivity contribution < 1.29 is 0 Å². The molecule has 1 unspecified atom stereocenters. The van der Waals surface area contributed by atoms with Gasteiger partial charge in [0.15, 0.2) is 0 Å². The minimum Gasteiger partial charge on any atom is -0.377 e. The second kappa shape index (κ2) is 7.03. The van der Waals surface area contributed by atoms with E-state index in [0.29, 0.717) is 0 Å². The van der Waals surface area contributed by atoms with Gasteiger partial charge < -0.3 is 10.2 Å². The van der Waals surface area contributed by atoms with Gasteiger partial charge in [0.1, 0.15) is 0 Å². The molecule has 112 valence electrons. The Morgan fingerprint density at radius 1 is 1.10 bits per heavy atom. The Bertz CT molecular complexity index is 644. The topological polar surface area (TPSA) is 15.3 Å². The molecule has 0 radical (unpaired) electrons. The zero-order chi connectivity index (χ0) is 15.6. The Labute approximate surface area is 147 Å². The van der Waals surface area contributed by atoms with Crippen molar-refractivity contribution >= 4 is 54.8 Å². The molecule has 21 heavy (non-hydrogen) atoms. The van der Waals surface area contributed by atoms with Crippen LogP contribution in [0.1, 0.15) is 18.5 Å². The normalized spacial score (nSPS) is 12.1. The van der Waals surface area contributed by atoms with E-state index in [2.05, 4.69) is 61.1 Å². The van der Waals surface area contributed by atoms with Gasteiger partial charge in [-0.15, -0.1) is 0 Å². The summed E-state index contributed by atoms with van der Waals surface area (Å²) in [5.74, 6) is 0. The summed E-state index contributed by atoms with van der Waals surface area (Å²) in [7, 11) is 4.04. The van der Waals surface area contributed by atoms with Gasteiger partial charge >= 0.3 is 0 Å². The van der Waals surface area contributed by atoms with E-state index >= 15 is 0 Å². The molecule has 0 aliphatic carbocycles. The molecule has 2 aromatic carbocycles. The summed E-state index contributed by atoms with van der Waals surface area (Å²) in [6.07, 6.45) is 0. The molecule has 0 heterocycles. The van der Waals surface area contributed by atoms with Gasteiger partial charge in [-0.2, -0.15) is 0 Å². The molecule has 0 aliphatic rings. The number of anilines is 2. The van der Waals surface area contributed by atoms with Gasteiger partial charge in [0.2, 0.25) is 0 Å². The fraction of sp³-hybridized carbons (Fsp3) is 0.250. The minimum absolute atomic E-state index is 0.157. The van der Waals surface area contributed by atoms with E-state index in [4.69, 9.17) is 11.6 Å². The van der Waals surface area contributed by atoms with Gasteiger partial charge in [-0.05, 0) is 42.8 Å². The zero-order valence-electron chi connectivity index (χ0n) is 12.1. The fourth-order valence-corrected chi connectivity index (χ4v) is 3.74. The van der Waals surface area contributed by atoms with Crippen molar-refractivity contribution in [1.29, 1.82) is 0 Å². The van der Waals surface area contributed by atoms with Crippen LogP contribution in [0, 0.1) is 0 Å². The van der Waals surface area contributed by atoms with Gasteiger partial charge in [0.05, 0.1) is 11.4 Å². The minimum atomic E-state index is 0.157. The number of nitrogens with one attached hydrogen (secondary N) is 1. The molecule has 0 fully saturated rings. The summed E-state index contributed by atoms with van der Waals surface area (Å²) in [4.78, 5) is 2.07. The summed E-state index contributed by atoms with van der Waals surface area (Å²) in [5.41, 5.74) is 3.33. The molecule has 0 saturated heterocycles. The molecule has 2 rings (SSSR count). The maximum atomic E-state index is 6.13. The van der Waals surface area contributed by atoms with E-state index in [1.807, 2.05) is 38.4 Å². The van der Waals surface area contributed by atoms with Crippen molar-refractivity contribution in [2.45, 2.75) is 13.0 Å². The first kappa shape index (κ1) is 16.7. The van der Waals surface area contributed by atoms with E-state index < -0.39 is 0 Å². The van der Waals surface area contributed by atoms with Crippen molar-refractivity contribution in [2.24, 2.45) is 0 Å². The van der Waals surface area contributed by atoms with Crippen LogP contribution in [0.5, 0.6) is 0 Å². The van der Waals surface area contributed by atoms with Crippen LogP contribution in [0.3, 0.4) is 0 Å². The van der Waals surface area contributed by atoms with Crippen molar-refractivity contribution in [1.82, 2.24) is 0 Å². The first-order valence-corrected chi connectivity index (χ1v) is 8.53. The van der Waals surface area contributed by atoms with E-state index in [0.717, 1.165) is 25.3 Å². The van der Waals surface area contributed by atoms with Crippen molar-refractivity contribution in [3.8, 4) is 0 Å². The highest BCUT2D eigenvalue weighted by molar-refractivity contribution is 9.11.